The number of nitrogens with zero attached hydrogens (tertiary/aromatic N) is 1. The molecule has 0 saturated carbocycles. The maximum Gasteiger partial charge on any atom is 0.256 e. The number of imide groups is 1. The Morgan fingerprint density at radius 2 is 2.00 bits per heavy atom. The quantitative estimate of drug-likeness (QED) is 0.703. The van der Waals surface area contributed by atoms with Gasteiger partial charge >= 0.3 is 0 Å². The minimum Gasteiger partial charge on any atom is -0.492 e. The summed E-state index contributed by atoms with van der Waals surface area (Å²) in [4.78, 5) is 38.2. The summed E-state index contributed by atoms with van der Waals surface area (Å²) in [5, 5.41) is 6.12. The lowest BCUT2D eigenvalue weighted by atomic mass is 9.74. The molecule has 27 heavy (non-hydrogen) atoms. The van der Waals surface area contributed by atoms with Crippen molar-refractivity contribution in [3.63, 3.8) is 0 Å². The molecule has 142 valence electrons. The van der Waals surface area contributed by atoms with Crippen molar-refractivity contribution in [2.75, 3.05) is 19.7 Å². The number of ether oxygens (including phenoxy) is 1. The van der Waals surface area contributed by atoms with Gasteiger partial charge in [0.25, 0.3) is 5.91 Å². The molecule has 4 aliphatic rings. The lowest BCUT2D eigenvalue weighted by Crippen LogP contribution is -2.52. The van der Waals surface area contributed by atoms with Gasteiger partial charge in [-0.1, -0.05) is 11.6 Å². The average molecular weight is 390 g/mol. The zero-order chi connectivity index (χ0) is 18.8. The Balaban J connectivity index is 1.53. The maximum atomic E-state index is 13.0. The summed E-state index contributed by atoms with van der Waals surface area (Å²) in [6.45, 7) is 2.75. The monoisotopic (exact) mass is 389 g/mol. The van der Waals surface area contributed by atoms with Gasteiger partial charge in [-0.3, -0.25) is 19.7 Å². The van der Waals surface area contributed by atoms with Crippen LogP contribution in [0, 0.1) is 0 Å². The number of nitrogens with one attached hydrogen (secondary N) is 2. The van der Waals surface area contributed by atoms with Crippen LogP contribution in [0.4, 0.5) is 0 Å². The first-order chi connectivity index (χ1) is 13.0. The summed E-state index contributed by atoms with van der Waals surface area (Å²) in [6, 6.07) is 1.24. The summed E-state index contributed by atoms with van der Waals surface area (Å²) in [6.07, 6.45) is 2.51. The second-order valence-corrected chi connectivity index (χ2v) is 8.21. The Morgan fingerprint density at radius 3 is 2.74 bits per heavy atom. The molecule has 8 heteroatoms. The number of fused-ring (bicyclic) bond motifs is 4. The number of rotatable bonds is 1. The van der Waals surface area contributed by atoms with Gasteiger partial charge in [-0.15, -0.1) is 0 Å². The van der Waals surface area contributed by atoms with E-state index in [0.29, 0.717) is 23.6 Å². The highest BCUT2D eigenvalue weighted by Gasteiger charge is 2.47. The van der Waals surface area contributed by atoms with Crippen LogP contribution in [0.25, 0.3) is 0 Å². The highest BCUT2D eigenvalue weighted by atomic mass is 35.5. The fourth-order valence-corrected chi connectivity index (χ4v) is 5.15. The lowest BCUT2D eigenvalue weighted by Gasteiger charge is -2.32. The third-order valence-electron chi connectivity index (χ3n) is 6.34. The normalized spacial score (nSPS) is 26.0. The molecule has 3 amide bonds. The third kappa shape index (κ3) is 2.41. The van der Waals surface area contributed by atoms with Gasteiger partial charge in [0.1, 0.15) is 11.8 Å². The second kappa shape index (κ2) is 5.94. The van der Waals surface area contributed by atoms with Crippen LogP contribution in [0.15, 0.2) is 6.07 Å². The molecule has 1 aromatic carbocycles. The van der Waals surface area contributed by atoms with Gasteiger partial charge < -0.3 is 15.0 Å². The summed E-state index contributed by atoms with van der Waals surface area (Å²) in [5.74, 6) is -0.215. The molecular formula is C19H20ClN3O4. The van der Waals surface area contributed by atoms with Crippen LogP contribution in [-0.4, -0.2) is 48.4 Å². The van der Waals surface area contributed by atoms with E-state index in [1.165, 1.54) is 4.90 Å². The minimum absolute atomic E-state index is 0.0512. The highest BCUT2D eigenvalue weighted by molar-refractivity contribution is 6.34. The molecule has 0 bridgehead atoms. The molecule has 0 radical (unpaired) electrons. The molecular weight excluding hydrogens is 370 g/mol. The van der Waals surface area contributed by atoms with Crippen LogP contribution in [0.5, 0.6) is 5.75 Å². The lowest BCUT2D eigenvalue weighted by molar-refractivity contribution is -0.136. The highest BCUT2D eigenvalue weighted by Crippen LogP contribution is 2.50. The van der Waals surface area contributed by atoms with Crippen molar-refractivity contribution in [2.24, 2.45) is 0 Å². The van der Waals surface area contributed by atoms with Crippen LogP contribution in [0.3, 0.4) is 0 Å². The number of carbonyl (C=O) groups is 3. The van der Waals surface area contributed by atoms with E-state index < -0.39 is 11.9 Å². The SMILES string of the molecule is O=C1CCC(N2Cc3c4c(cc(Cl)c3C2=O)C2(CCNCC2)CO4)C(=O)N1. The first-order valence-corrected chi connectivity index (χ1v) is 9.72. The summed E-state index contributed by atoms with van der Waals surface area (Å²) in [5.41, 5.74) is 2.25. The van der Waals surface area contributed by atoms with Crippen LogP contribution < -0.4 is 15.4 Å². The van der Waals surface area contributed by atoms with Gasteiger partial charge in [-0.05, 0) is 38.4 Å². The van der Waals surface area contributed by atoms with E-state index in [1.54, 1.807) is 0 Å². The fraction of sp³-hybridized carbons (Fsp3) is 0.526. The molecule has 1 aromatic rings. The molecule has 4 aliphatic heterocycles. The number of hydrogen-bond donors (Lipinski definition) is 2. The number of piperidine rings is 2. The molecule has 1 atom stereocenters. The van der Waals surface area contributed by atoms with E-state index in [9.17, 15) is 14.4 Å². The molecule has 0 aromatic heterocycles. The summed E-state index contributed by atoms with van der Waals surface area (Å²) < 4.78 is 6.10. The van der Waals surface area contributed by atoms with E-state index in [4.69, 9.17) is 16.3 Å². The molecule has 2 saturated heterocycles. The van der Waals surface area contributed by atoms with Gasteiger partial charge in [0.2, 0.25) is 11.8 Å². The maximum absolute atomic E-state index is 13.0. The van der Waals surface area contributed by atoms with Crippen LogP contribution >= 0.6 is 11.6 Å². The Hall–Kier alpha value is -2.12. The Bertz CT molecular complexity index is 878. The summed E-state index contributed by atoms with van der Waals surface area (Å²) in [7, 11) is 0. The fourth-order valence-electron chi connectivity index (χ4n) is 4.85. The number of amides is 3. The van der Waals surface area contributed by atoms with Crippen molar-refractivity contribution < 1.29 is 19.1 Å². The largest absolute Gasteiger partial charge is 0.492 e. The molecule has 0 aliphatic carbocycles. The van der Waals surface area contributed by atoms with Gasteiger partial charge in [0.15, 0.2) is 0 Å². The van der Waals surface area contributed by atoms with Crippen LogP contribution in [0.1, 0.15) is 47.2 Å². The van der Waals surface area contributed by atoms with Crippen LogP contribution in [-0.2, 0) is 21.5 Å². The Kier molecular flexibility index (Phi) is 3.74. The predicted molar refractivity (Wildman–Crippen MR) is 96.8 cm³/mol. The third-order valence-corrected chi connectivity index (χ3v) is 6.64. The number of halogens is 1. The van der Waals surface area contributed by atoms with E-state index in [0.717, 1.165) is 42.8 Å². The first kappa shape index (κ1) is 17.0. The summed E-state index contributed by atoms with van der Waals surface area (Å²) >= 11 is 6.54. The molecule has 1 unspecified atom stereocenters. The zero-order valence-corrected chi connectivity index (χ0v) is 15.5. The average Bonchev–Trinajstić information content (AvgIpc) is 3.16. The number of benzene rings is 1. The van der Waals surface area contributed by atoms with Gasteiger partial charge in [-0.2, -0.15) is 0 Å². The van der Waals surface area contributed by atoms with E-state index >= 15 is 0 Å². The second-order valence-electron chi connectivity index (χ2n) is 7.81. The van der Waals surface area contributed by atoms with E-state index in [-0.39, 0.29) is 30.2 Å². The van der Waals surface area contributed by atoms with Crippen molar-refractivity contribution in [2.45, 2.75) is 43.7 Å². The smallest absolute Gasteiger partial charge is 0.256 e. The molecule has 1 spiro atoms. The predicted octanol–water partition coefficient (Wildman–Crippen LogP) is 1.11. The number of hydrogen-bond acceptors (Lipinski definition) is 5. The van der Waals surface area contributed by atoms with Gasteiger partial charge in [-0.25, -0.2) is 0 Å². The topological polar surface area (TPSA) is 87.7 Å². The molecule has 7 nitrogen and oxygen atoms in total. The van der Waals surface area contributed by atoms with E-state index in [1.807, 2.05) is 6.07 Å². The van der Waals surface area contributed by atoms with Crippen molar-refractivity contribution in [1.82, 2.24) is 15.5 Å². The van der Waals surface area contributed by atoms with Crippen molar-refractivity contribution in [3.05, 3.63) is 27.8 Å². The van der Waals surface area contributed by atoms with Crippen molar-refractivity contribution in [1.29, 1.82) is 0 Å². The van der Waals surface area contributed by atoms with E-state index in [2.05, 4.69) is 10.6 Å². The first-order valence-electron chi connectivity index (χ1n) is 9.34. The molecule has 2 fully saturated rings. The molecule has 4 heterocycles. The molecule has 5 rings (SSSR count). The van der Waals surface area contributed by atoms with Crippen molar-refractivity contribution in [3.8, 4) is 5.75 Å². The Morgan fingerprint density at radius 1 is 1.22 bits per heavy atom. The minimum atomic E-state index is -0.649. The molecule has 2 N–H and O–H groups in total. The van der Waals surface area contributed by atoms with Gasteiger partial charge in [0, 0.05) is 23.0 Å². The Labute approximate surface area is 161 Å². The van der Waals surface area contributed by atoms with Gasteiger partial charge in [0.05, 0.1) is 23.7 Å². The zero-order valence-electron chi connectivity index (χ0n) is 14.8. The van der Waals surface area contributed by atoms with Crippen molar-refractivity contribution >= 4 is 29.3 Å². The standard InChI is InChI=1S/C19H20ClN3O4/c20-12-7-11-16(27-9-19(11)3-5-21-6-4-19)10-8-23(18(26)15(10)12)13-1-2-14(24)22-17(13)25/h7,13,21H,1-6,8-9H2,(H,22,24,25). The van der Waals surface area contributed by atoms with Crippen LogP contribution in [0.2, 0.25) is 5.02 Å². The number of carbonyl (C=O) groups excluding carboxylic acids is 3.